The van der Waals surface area contributed by atoms with Crippen molar-refractivity contribution in [3.05, 3.63) is 54.1 Å². The number of pyridine rings is 1. The van der Waals surface area contributed by atoms with E-state index in [0.717, 1.165) is 0 Å². The number of nitrogens with zero attached hydrogens (tertiary/aromatic N) is 1. The molecule has 0 aliphatic rings. The summed E-state index contributed by atoms with van der Waals surface area (Å²) >= 11 is 0. The van der Waals surface area contributed by atoms with Gasteiger partial charge in [0.15, 0.2) is 0 Å². The summed E-state index contributed by atoms with van der Waals surface area (Å²) in [5.74, 6) is -0.785. The zero-order chi connectivity index (χ0) is 13.7. The van der Waals surface area contributed by atoms with Crippen molar-refractivity contribution < 1.29 is 19.1 Å². The van der Waals surface area contributed by atoms with Crippen LogP contribution in [0.3, 0.4) is 0 Å². The summed E-state index contributed by atoms with van der Waals surface area (Å²) in [4.78, 5) is 26.2. The van der Waals surface area contributed by atoms with Crippen molar-refractivity contribution in [1.29, 1.82) is 0 Å². The second-order valence-electron chi connectivity index (χ2n) is 3.57. The van der Waals surface area contributed by atoms with E-state index in [-0.39, 0.29) is 11.4 Å². The molecule has 0 atom stereocenters. The molecule has 0 saturated carbocycles. The summed E-state index contributed by atoms with van der Waals surface area (Å²) in [5, 5.41) is 11.3. The van der Waals surface area contributed by atoms with E-state index in [2.05, 4.69) is 10.3 Å². The Morgan fingerprint density at radius 2 is 2.21 bits per heavy atom. The third kappa shape index (κ3) is 3.53. The number of furan rings is 1. The van der Waals surface area contributed by atoms with E-state index >= 15 is 0 Å². The molecule has 0 fully saturated rings. The van der Waals surface area contributed by atoms with Crippen molar-refractivity contribution >= 4 is 23.8 Å². The molecule has 0 spiro atoms. The molecule has 1 amide bonds. The molecule has 0 bridgehead atoms. The lowest BCUT2D eigenvalue weighted by atomic mass is 10.2. The van der Waals surface area contributed by atoms with Crippen LogP contribution in [0.5, 0.6) is 0 Å². The molecule has 0 saturated heterocycles. The average Bonchev–Trinajstić information content (AvgIpc) is 2.90. The molecular formula is C13H10N2O4. The number of hydrogen-bond donors (Lipinski definition) is 2. The van der Waals surface area contributed by atoms with Gasteiger partial charge in [-0.1, -0.05) is 0 Å². The van der Waals surface area contributed by atoms with Crippen molar-refractivity contribution in [2.45, 2.75) is 0 Å². The molecule has 0 aliphatic carbocycles. The van der Waals surface area contributed by atoms with E-state index in [1.807, 2.05) is 0 Å². The minimum atomic E-state index is -1.08. The highest BCUT2D eigenvalue weighted by atomic mass is 16.4. The first-order valence-corrected chi connectivity index (χ1v) is 5.37. The lowest BCUT2D eigenvalue weighted by molar-refractivity contribution is -0.111. The van der Waals surface area contributed by atoms with Gasteiger partial charge in [0.25, 0.3) is 0 Å². The normalized spacial score (nSPS) is 10.5. The second kappa shape index (κ2) is 5.63. The number of hydrogen-bond acceptors (Lipinski definition) is 4. The quantitative estimate of drug-likeness (QED) is 0.818. The van der Waals surface area contributed by atoms with E-state index in [1.54, 1.807) is 12.1 Å². The molecule has 6 heteroatoms. The van der Waals surface area contributed by atoms with Crippen molar-refractivity contribution in [3.8, 4) is 0 Å². The van der Waals surface area contributed by atoms with Crippen LogP contribution < -0.4 is 5.32 Å². The first kappa shape index (κ1) is 12.6. The lowest BCUT2D eigenvalue weighted by Gasteiger charge is -2.01. The fraction of sp³-hybridized carbons (Fsp3) is 0. The zero-order valence-corrected chi connectivity index (χ0v) is 9.74. The summed E-state index contributed by atoms with van der Waals surface area (Å²) in [7, 11) is 0. The van der Waals surface area contributed by atoms with E-state index < -0.39 is 11.9 Å². The fourth-order valence-corrected chi connectivity index (χ4v) is 1.34. The fourth-order valence-electron chi connectivity index (χ4n) is 1.34. The third-order valence-electron chi connectivity index (χ3n) is 2.20. The number of nitrogens with one attached hydrogen (secondary N) is 1. The summed E-state index contributed by atoms with van der Waals surface area (Å²) in [6.45, 7) is 0. The summed E-state index contributed by atoms with van der Waals surface area (Å²) in [5.41, 5.74) is 0.0558. The van der Waals surface area contributed by atoms with Gasteiger partial charge in [0.1, 0.15) is 11.6 Å². The predicted molar refractivity (Wildman–Crippen MR) is 67.6 cm³/mol. The van der Waals surface area contributed by atoms with Crippen LogP contribution in [0.2, 0.25) is 0 Å². The first-order valence-electron chi connectivity index (χ1n) is 5.37. The molecule has 2 aromatic heterocycles. The van der Waals surface area contributed by atoms with Crippen molar-refractivity contribution in [3.63, 3.8) is 0 Å². The first-order chi connectivity index (χ1) is 9.15. The minimum absolute atomic E-state index is 0.0558. The van der Waals surface area contributed by atoms with Crippen molar-refractivity contribution in [2.75, 3.05) is 5.32 Å². The maximum absolute atomic E-state index is 11.6. The van der Waals surface area contributed by atoms with Gasteiger partial charge < -0.3 is 14.8 Å². The number of carbonyl (C=O) groups is 2. The van der Waals surface area contributed by atoms with Gasteiger partial charge >= 0.3 is 5.97 Å². The molecule has 2 N–H and O–H groups in total. The monoisotopic (exact) mass is 258 g/mol. The van der Waals surface area contributed by atoms with Crippen molar-refractivity contribution in [1.82, 2.24) is 4.98 Å². The molecule has 0 aliphatic heterocycles. The van der Waals surface area contributed by atoms with Gasteiger partial charge in [-0.25, -0.2) is 9.78 Å². The van der Waals surface area contributed by atoms with Gasteiger partial charge in [-0.2, -0.15) is 0 Å². The number of carbonyl (C=O) groups excluding carboxylic acids is 1. The lowest BCUT2D eigenvalue weighted by Crippen LogP contribution is -2.10. The van der Waals surface area contributed by atoms with Crippen LogP contribution in [-0.2, 0) is 4.79 Å². The largest absolute Gasteiger partial charge is 0.478 e. The van der Waals surface area contributed by atoms with Gasteiger partial charge in [-0.05, 0) is 30.3 Å². The van der Waals surface area contributed by atoms with Crippen LogP contribution in [0.15, 0.2) is 47.2 Å². The predicted octanol–water partition coefficient (Wildman–Crippen LogP) is 2.02. The molecule has 19 heavy (non-hydrogen) atoms. The molecule has 2 aromatic rings. The highest BCUT2D eigenvalue weighted by Crippen LogP contribution is 2.07. The van der Waals surface area contributed by atoms with Crippen molar-refractivity contribution in [2.24, 2.45) is 0 Å². The Bertz CT molecular complexity index is 617. The van der Waals surface area contributed by atoms with Crippen LogP contribution in [0, 0.1) is 0 Å². The Hall–Kier alpha value is -2.89. The third-order valence-corrected chi connectivity index (χ3v) is 2.20. The van der Waals surface area contributed by atoms with Crippen LogP contribution in [0.4, 0.5) is 5.82 Å². The molecule has 0 unspecified atom stereocenters. The average molecular weight is 258 g/mol. The van der Waals surface area contributed by atoms with Gasteiger partial charge in [0.2, 0.25) is 5.91 Å². The smallest absolute Gasteiger partial charge is 0.335 e. The van der Waals surface area contributed by atoms with Gasteiger partial charge in [-0.3, -0.25) is 4.79 Å². The summed E-state index contributed by atoms with van der Waals surface area (Å²) < 4.78 is 5.02. The Balaban J connectivity index is 2.03. The minimum Gasteiger partial charge on any atom is -0.478 e. The number of anilines is 1. The summed E-state index contributed by atoms with van der Waals surface area (Å²) in [6.07, 6.45) is 5.58. The topological polar surface area (TPSA) is 92.4 Å². The van der Waals surface area contributed by atoms with Crippen LogP contribution in [0.1, 0.15) is 16.1 Å². The maximum atomic E-state index is 11.6. The van der Waals surface area contributed by atoms with Gasteiger partial charge in [0.05, 0.1) is 11.8 Å². The molecule has 2 heterocycles. The SMILES string of the molecule is O=C(C=Cc1ccco1)Nc1cc(C(=O)O)ccn1. The number of aromatic nitrogens is 1. The number of rotatable bonds is 4. The zero-order valence-electron chi connectivity index (χ0n) is 9.74. The van der Waals surface area contributed by atoms with E-state index in [9.17, 15) is 9.59 Å². The van der Waals surface area contributed by atoms with E-state index in [1.165, 1.54) is 36.7 Å². The Kier molecular flexibility index (Phi) is 3.72. The summed E-state index contributed by atoms with van der Waals surface area (Å²) in [6, 6.07) is 6.03. The van der Waals surface area contributed by atoms with E-state index in [4.69, 9.17) is 9.52 Å². The molecule has 2 rings (SSSR count). The highest BCUT2D eigenvalue weighted by molar-refractivity contribution is 6.01. The Labute approximate surface area is 108 Å². The highest BCUT2D eigenvalue weighted by Gasteiger charge is 2.05. The Morgan fingerprint density at radius 1 is 1.37 bits per heavy atom. The number of carboxylic acid groups (broad SMARTS) is 1. The maximum Gasteiger partial charge on any atom is 0.335 e. The number of amides is 1. The molecule has 96 valence electrons. The number of aromatic carboxylic acids is 1. The van der Waals surface area contributed by atoms with E-state index in [0.29, 0.717) is 5.76 Å². The second-order valence-corrected chi connectivity index (χ2v) is 3.57. The van der Waals surface area contributed by atoms with Crippen LogP contribution >= 0.6 is 0 Å². The molecular weight excluding hydrogens is 248 g/mol. The molecule has 6 nitrogen and oxygen atoms in total. The molecule has 0 radical (unpaired) electrons. The van der Waals surface area contributed by atoms with Crippen LogP contribution in [0.25, 0.3) is 6.08 Å². The number of carboxylic acids is 1. The Morgan fingerprint density at radius 3 is 2.89 bits per heavy atom. The molecule has 0 aromatic carbocycles. The standard InChI is InChI=1S/C13H10N2O4/c16-12(4-3-10-2-1-7-19-10)15-11-8-9(13(17)18)5-6-14-11/h1-8H,(H,17,18)(H,14,15,16). The van der Waals surface area contributed by atoms with Crippen LogP contribution in [-0.4, -0.2) is 22.0 Å². The van der Waals surface area contributed by atoms with Gasteiger partial charge in [0, 0.05) is 12.3 Å². The van der Waals surface area contributed by atoms with Gasteiger partial charge in [-0.15, -0.1) is 0 Å².